The largest absolute Gasteiger partial charge is 0.451 e. The SMILES string of the molecule is CC(C)(OC(=O)c1cccc2ccccc12)c1ccccc1. The number of hydrogen-bond acceptors (Lipinski definition) is 2. The van der Waals surface area contributed by atoms with Gasteiger partial charge < -0.3 is 4.74 Å². The van der Waals surface area contributed by atoms with E-state index in [0.29, 0.717) is 5.56 Å². The lowest BCUT2D eigenvalue weighted by atomic mass is 9.98. The molecule has 0 spiro atoms. The molecule has 0 unspecified atom stereocenters. The van der Waals surface area contributed by atoms with Crippen molar-refractivity contribution in [2.24, 2.45) is 0 Å². The molecule has 0 heterocycles. The van der Waals surface area contributed by atoms with Crippen molar-refractivity contribution < 1.29 is 9.53 Å². The molecule has 0 amide bonds. The molecule has 22 heavy (non-hydrogen) atoms. The zero-order chi connectivity index (χ0) is 15.6. The molecule has 0 bridgehead atoms. The molecule has 110 valence electrons. The summed E-state index contributed by atoms with van der Waals surface area (Å²) < 4.78 is 5.78. The molecule has 3 aromatic carbocycles. The predicted molar refractivity (Wildman–Crippen MR) is 88.8 cm³/mol. The van der Waals surface area contributed by atoms with Crippen molar-refractivity contribution in [3.05, 3.63) is 83.9 Å². The highest BCUT2D eigenvalue weighted by Gasteiger charge is 2.26. The topological polar surface area (TPSA) is 26.3 Å². The van der Waals surface area contributed by atoms with E-state index in [-0.39, 0.29) is 5.97 Å². The van der Waals surface area contributed by atoms with Crippen molar-refractivity contribution in [1.82, 2.24) is 0 Å². The molecule has 0 aliphatic heterocycles. The maximum atomic E-state index is 12.6. The summed E-state index contributed by atoms with van der Waals surface area (Å²) in [5.41, 5.74) is 0.903. The number of rotatable bonds is 3. The number of hydrogen-bond donors (Lipinski definition) is 0. The Morgan fingerprint density at radius 2 is 1.45 bits per heavy atom. The molecule has 0 N–H and O–H groups in total. The first kappa shape index (κ1) is 14.3. The van der Waals surface area contributed by atoms with Gasteiger partial charge in [-0.15, -0.1) is 0 Å². The van der Waals surface area contributed by atoms with Gasteiger partial charge in [0.15, 0.2) is 0 Å². The fourth-order valence-electron chi connectivity index (χ4n) is 2.59. The Kier molecular flexibility index (Phi) is 3.68. The first-order valence-electron chi connectivity index (χ1n) is 7.34. The second-order valence-electron chi connectivity index (χ2n) is 5.79. The maximum absolute atomic E-state index is 12.6. The first-order valence-corrected chi connectivity index (χ1v) is 7.34. The molecule has 3 aromatic rings. The third kappa shape index (κ3) is 2.73. The van der Waals surface area contributed by atoms with Crippen molar-refractivity contribution in [1.29, 1.82) is 0 Å². The number of benzene rings is 3. The summed E-state index contributed by atoms with van der Waals surface area (Å²) in [6, 6.07) is 23.3. The third-order valence-electron chi connectivity index (χ3n) is 3.83. The summed E-state index contributed by atoms with van der Waals surface area (Å²) >= 11 is 0. The Morgan fingerprint density at radius 3 is 2.23 bits per heavy atom. The van der Waals surface area contributed by atoms with Gasteiger partial charge in [-0.2, -0.15) is 0 Å². The molecule has 0 aliphatic rings. The van der Waals surface area contributed by atoms with E-state index in [1.807, 2.05) is 86.6 Å². The van der Waals surface area contributed by atoms with Crippen LogP contribution in [0.2, 0.25) is 0 Å². The van der Waals surface area contributed by atoms with Crippen LogP contribution in [-0.4, -0.2) is 5.97 Å². The lowest BCUT2D eigenvalue weighted by Crippen LogP contribution is -2.25. The lowest BCUT2D eigenvalue weighted by molar-refractivity contribution is -0.00289. The summed E-state index contributed by atoms with van der Waals surface area (Å²) in [6.07, 6.45) is 0. The van der Waals surface area contributed by atoms with Gasteiger partial charge in [0.25, 0.3) is 0 Å². The third-order valence-corrected chi connectivity index (χ3v) is 3.83. The minimum absolute atomic E-state index is 0.300. The molecule has 2 nitrogen and oxygen atoms in total. The van der Waals surface area contributed by atoms with E-state index < -0.39 is 5.60 Å². The minimum atomic E-state index is -0.671. The van der Waals surface area contributed by atoms with Gasteiger partial charge in [0.1, 0.15) is 5.60 Å². The van der Waals surface area contributed by atoms with E-state index in [4.69, 9.17) is 4.74 Å². The average Bonchev–Trinajstić information content (AvgIpc) is 2.54. The van der Waals surface area contributed by atoms with E-state index in [1.54, 1.807) is 0 Å². The second-order valence-corrected chi connectivity index (χ2v) is 5.79. The van der Waals surface area contributed by atoms with Crippen LogP contribution in [0.5, 0.6) is 0 Å². The number of carbonyl (C=O) groups is 1. The Hall–Kier alpha value is -2.61. The monoisotopic (exact) mass is 290 g/mol. The standard InChI is InChI=1S/C20H18O2/c1-20(2,16-11-4-3-5-12-16)22-19(21)18-14-8-10-15-9-6-7-13-17(15)18/h3-14H,1-2H3. The van der Waals surface area contributed by atoms with E-state index in [9.17, 15) is 4.79 Å². The van der Waals surface area contributed by atoms with Gasteiger partial charge in [-0.25, -0.2) is 4.79 Å². The highest BCUT2D eigenvalue weighted by atomic mass is 16.6. The van der Waals surface area contributed by atoms with Gasteiger partial charge in [-0.3, -0.25) is 0 Å². The second kappa shape index (κ2) is 5.64. The van der Waals surface area contributed by atoms with Crippen molar-refractivity contribution in [2.45, 2.75) is 19.4 Å². The van der Waals surface area contributed by atoms with Gasteiger partial charge in [0.2, 0.25) is 0 Å². The van der Waals surface area contributed by atoms with Gasteiger partial charge >= 0.3 is 5.97 Å². The van der Waals surface area contributed by atoms with Crippen molar-refractivity contribution >= 4 is 16.7 Å². The normalized spacial score (nSPS) is 11.4. The molecular weight excluding hydrogens is 272 g/mol. The molecule has 0 fully saturated rings. The number of ether oxygens (including phenoxy) is 1. The maximum Gasteiger partial charge on any atom is 0.339 e. The molecular formula is C20H18O2. The van der Waals surface area contributed by atoms with Gasteiger partial charge in [-0.05, 0) is 36.2 Å². The van der Waals surface area contributed by atoms with Crippen molar-refractivity contribution in [3.63, 3.8) is 0 Å². The van der Waals surface area contributed by atoms with Crippen LogP contribution in [0.15, 0.2) is 72.8 Å². The predicted octanol–water partition coefficient (Wildman–Crippen LogP) is 4.93. The molecule has 0 radical (unpaired) electrons. The molecule has 0 aromatic heterocycles. The fourth-order valence-corrected chi connectivity index (χ4v) is 2.59. The molecule has 0 saturated carbocycles. The Balaban J connectivity index is 1.94. The van der Waals surface area contributed by atoms with E-state index in [2.05, 4.69) is 0 Å². The number of fused-ring (bicyclic) bond motifs is 1. The van der Waals surface area contributed by atoms with Crippen LogP contribution < -0.4 is 0 Å². The van der Waals surface area contributed by atoms with Gasteiger partial charge in [0, 0.05) is 0 Å². The Labute approximate surface area is 130 Å². The molecule has 0 atom stereocenters. The van der Waals surface area contributed by atoms with Crippen LogP contribution in [-0.2, 0) is 10.3 Å². The van der Waals surface area contributed by atoms with E-state index in [1.165, 1.54) is 0 Å². The van der Waals surface area contributed by atoms with Crippen LogP contribution in [0, 0.1) is 0 Å². The minimum Gasteiger partial charge on any atom is -0.451 e. The van der Waals surface area contributed by atoms with Crippen LogP contribution in [0.4, 0.5) is 0 Å². The Bertz CT molecular complexity index is 799. The molecule has 3 rings (SSSR count). The van der Waals surface area contributed by atoms with Crippen LogP contribution in [0.25, 0.3) is 10.8 Å². The quantitative estimate of drug-likeness (QED) is 0.639. The van der Waals surface area contributed by atoms with Gasteiger partial charge in [0.05, 0.1) is 5.56 Å². The van der Waals surface area contributed by atoms with E-state index >= 15 is 0 Å². The lowest BCUT2D eigenvalue weighted by Gasteiger charge is -2.26. The van der Waals surface area contributed by atoms with Crippen molar-refractivity contribution in [3.8, 4) is 0 Å². The fraction of sp³-hybridized carbons (Fsp3) is 0.150. The summed E-state index contributed by atoms with van der Waals surface area (Å²) in [4.78, 5) is 12.6. The summed E-state index contributed by atoms with van der Waals surface area (Å²) in [6.45, 7) is 3.82. The summed E-state index contributed by atoms with van der Waals surface area (Å²) in [5.74, 6) is -0.300. The zero-order valence-electron chi connectivity index (χ0n) is 12.7. The summed E-state index contributed by atoms with van der Waals surface area (Å²) in [5, 5.41) is 1.95. The van der Waals surface area contributed by atoms with Crippen LogP contribution in [0.1, 0.15) is 29.8 Å². The smallest absolute Gasteiger partial charge is 0.339 e. The van der Waals surface area contributed by atoms with Gasteiger partial charge in [-0.1, -0.05) is 66.7 Å². The summed E-state index contributed by atoms with van der Waals surface area (Å²) in [7, 11) is 0. The van der Waals surface area contributed by atoms with Crippen LogP contribution in [0.3, 0.4) is 0 Å². The van der Waals surface area contributed by atoms with E-state index in [0.717, 1.165) is 16.3 Å². The molecule has 0 aliphatic carbocycles. The Morgan fingerprint density at radius 1 is 0.818 bits per heavy atom. The number of carbonyl (C=O) groups excluding carboxylic acids is 1. The molecule has 2 heteroatoms. The first-order chi connectivity index (χ1) is 10.6. The van der Waals surface area contributed by atoms with Crippen LogP contribution >= 0.6 is 0 Å². The zero-order valence-corrected chi connectivity index (χ0v) is 12.7. The highest BCUT2D eigenvalue weighted by Crippen LogP contribution is 2.27. The average molecular weight is 290 g/mol. The van der Waals surface area contributed by atoms with Crippen molar-refractivity contribution in [2.75, 3.05) is 0 Å². The highest BCUT2D eigenvalue weighted by molar-refractivity contribution is 6.04. The molecule has 0 saturated heterocycles. The number of esters is 1.